The fourth-order valence-corrected chi connectivity index (χ4v) is 8.79. The molecular formula is C30H17Cl2F6N3O4S2. The van der Waals surface area contributed by atoms with Crippen LogP contribution in [0.3, 0.4) is 0 Å². The molecule has 6 rings (SSSR count). The number of nitrogens with one attached hydrogen (secondary N) is 1. The maximum Gasteiger partial charge on any atom is 0.418 e. The molecule has 2 aliphatic rings. The number of imide groups is 1. The van der Waals surface area contributed by atoms with Gasteiger partial charge in [0.15, 0.2) is 0 Å². The molecule has 1 aromatic heterocycles. The third kappa shape index (κ3) is 5.94. The molecule has 244 valence electrons. The second-order valence-corrected chi connectivity index (χ2v) is 13.4. The maximum absolute atomic E-state index is 14.0. The molecule has 0 aliphatic carbocycles. The molecule has 1 fully saturated rings. The summed E-state index contributed by atoms with van der Waals surface area (Å²) in [5, 5.41) is 1.06. The second-order valence-electron chi connectivity index (χ2n) is 10.5. The van der Waals surface area contributed by atoms with Gasteiger partial charge in [0.25, 0.3) is 0 Å². The highest BCUT2D eigenvalue weighted by atomic mass is 35.5. The van der Waals surface area contributed by atoms with Crippen LogP contribution in [-0.4, -0.2) is 27.5 Å². The molecule has 0 spiro atoms. The zero-order chi connectivity index (χ0) is 34.0. The van der Waals surface area contributed by atoms with Crippen molar-refractivity contribution in [3.05, 3.63) is 108 Å². The van der Waals surface area contributed by atoms with Gasteiger partial charge in [-0.1, -0.05) is 76.6 Å². The maximum atomic E-state index is 14.0. The second kappa shape index (κ2) is 12.0. The molecule has 3 atom stereocenters. The van der Waals surface area contributed by atoms with Crippen molar-refractivity contribution < 1.29 is 40.7 Å². The van der Waals surface area contributed by atoms with Crippen LogP contribution in [0.2, 0.25) is 10.0 Å². The third-order valence-electron chi connectivity index (χ3n) is 7.61. The molecule has 1 saturated heterocycles. The Morgan fingerprint density at radius 1 is 0.872 bits per heavy atom. The first kappa shape index (κ1) is 33.1. The van der Waals surface area contributed by atoms with Crippen LogP contribution in [0.25, 0.3) is 0 Å². The fourth-order valence-electron chi connectivity index (χ4n) is 5.60. The molecule has 47 heavy (non-hydrogen) atoms. The highest BCUT2D eigenvalue weighted by molar-refractivity contribution is 8.00. The van der Waals surface area contributed by atoms with Crippen LogP contribution in [0.1, 0.15) is 27.5 Å². The number of fused-ring (bicyclic) bond motifs is 2. The minimum Gasteiger partial charge on any atom is -0.324 e. The van der Waals surface area contributed by atoms with E-state index in [1.54, 1.807) is 0 Å². The van der Waals surface area contributed by atoms with Gasteiger partial charge in [-0.3, -0.25) is 23.7 Å². The molecule has 3 amide bonds. The lowest BCUT2D eigenvalue weighted by atomic mass is 9.83. The predicted molar refractivity (Wildman–Crippen MR) is 164 cm³/mol. The van der Waals surface area contributed by atoms with E-state index in [1.165, 1.54) is 30.3 Å². The molecule has 0 saturated carbocycles. The van der Waals surface area contributed by atoms with Gasteiger partial charge in [-0.2, -0.15) is 26.3 Å². The summed E-state index contributed by atoms with van der Waals surface area (Å²) in [7, 11) is 0. The van der Waals surface area contributed by atoms with E-state index in [2.05, 4.69) is 5.32 Å². The number of nitrogens with zero attached hydrogens (tertiary/aromatic N) is 2. The average Bonchev–Trinajstić information content (AvgIpc) is 3.44. The van der Waals surface area contributed by atoms with Crippen molar-refractivity contribution >= 4 is 75.4 Å². The van der Waals surface area contributed by atoms with E-state index in [0.29, 0.717) is 22.3 Å². The number of thiazole rings is 1. The van der Waals surface area contributed by atoms with Crippen molar-refractivity contribution in [1.29, 1.82) is 0 Å². The van der Waals surface area contributed by atoms with Crippen molar-refractivity contribution in [2.75, 3.05) is 10.2 Å². The van der Waals surface area contributed by atoms with Crippen LogP contribution in [0.15, 0.2) is 76.6 Å². The molecule has 2 aliphatic heterocycles. The van der Waals surface area contributed by atoms with Gasteiger partial charge in [0.1, 0.15) is 11.8 Å². The van der Waals surface area contributed by atoms with Gasteiger partial charge in [-0.25, -0.2) is 4.90 Å². The number of aromatic nitrogens is 1. The topological polar surface area (TPSA) is 88.5 Å². The Morgan fingerprint density at radius 3 is 2.28 bits per heavy atom. The van der Waals surface area contributed by atoms with Crippen LogP contribution >= 0.6 is 46.3 Å². The van der Waals surface area contributed by atoms with Crippen molar-refractivity contribution in [1.82, 2.24) is 4.57 Å². The Kier molecular flexibility index (Phi) is 8.47. The lowest BCUT2D eigenvalue weighted by Gasteiger charge is -2.31. The number of hydrogen-bond donors (Lipinski definition) is 1. The lowest BCUT2D eigenvalue weighted by molar-refractivity contribution is -0.138. The van der Waals surface area contributed by atoms with Gasteiger partial charge in [0, 0.05) is 10.8 Å². The number of halogens is 8. The number of anilines is 2. The van der Waals surface area contributed by atoms with Crippen LogP contribution < -0.4 is 15.1 Å². The number of para-hydroxylation sites is 1. The summed E-state index contributed by atoms with van der Waals surface area (Å²) in [5.41, 5.74) is -2.79. The summed E-state index contributed by atoms with van der Waals surface area (Å²) in [4.78, 5) is 54.3. The van der Waals surface area contributed by atoms with Crippen molar-refractivity contribution in [3.8, 4) is 0 Å². The number of carbonyl (C=O) groups is 3. The summed E-state index contributed by atoms with van der Waals surface area (Å²) in [6.45, 7) is -0.753. The monoisotopic (exact) mass is 731 g/mol. The number of hydrogen-bond acceptors (Lipinski definition) is 6. The molecule has 3 aromatic carbocycles. The summed E-state index contributed by atoms with van der Waals surface area (Å²) in [5.74, 6) is -5.03. The van der Waals surface area contributed by atoms with Crippen molar-refractivity contribution in [3.63, 3.8) is 0 Å². The van der Waals surface area contributed by atoms with E-state index in [9.17, 15) is 45.5 Å². The van der Waals surface area contributed by atoms with E-state index < -0.39 is 75.4 Å². The largest absolute Gasteiger partial charge is 0.418 e. The van der Waals surface area contributed by atoms with E-state index in [-0.39, 0.29) is 31.2 Å². The SMILES string of the molecule is O=C(Cn1c2c(sc1=O)[C@@H](c1cccc(Cl)c1Cl)[C@@H]1C(=O)N(c3cccc(C(F)(F)F)c3)C(=O)[C@@H]1S2)Nc1ccccc1C(F)(F)F. The number of benzene rings is 3. The normalized spacial score (nSPS) is 19.5. The van der Waals surface area contributed by atoms with Crippen LogP contribution in [0.4, 0.5) is 37.7 Å². The summed E-state index contributed by atoms with van der Waals surface area (Å²) < 4.78 is 82.0. The van der Waals surface area contributed by atoms with Crippen molar-refractivity contribution in [2.45, 2.75) is 35.1 Å². The minimum absolute atomic E-state index is 0.00225. The first-order chi connectivity index (χ1) is 22.1. The van der Waals surface area contributed by atoms with E-state index in [4.69, 9.17) is 23.2 Å². The van der Waals surface area contributed by atoms with Crippen molar-refractivity contribution in [2.24, 2.45) is 5.92 Å². The smallest absolute Gasteiger partial charge is 0.324 e. The molecule has 0 radical (unpaired) electrons. The standard InChI is InChI=1S/C30H17Cl2F6N3O4S2/c31-17-9-4-7-15(22(17)32)20-21-23(26(44)41(25(21)43)14-6-3-5-13(11-14)29(33,34)35)46-27-24(20)47-28(45)40(27)12-19(42)39-18-10-2-1-8-16(18)30(36,37)38/h1-11,20-21,23H,12H2,(H,39,42)/t20-,21-,23+/m0/s1. The number of alkyl halides is 6. The minimum atomic E-state index is -4.78. The molecule has 3 heterocycles. The zero-order valence-electron chi connectivity index (χ0n) is 23.2. The average molecular weight is 733 g/mol. The Hall–Kier alpha value is -3.79. The fraction of sp³-hybridized carbons (Fsp3) is 0.200. The highest BCUT2D eigenvalue weighted by Crippen LogP contribution is 2.55. The van der Waals surface area contributed by atoms with Gasteiger partial charge in [0.2, 0.25) is 17.7 Å². The number of amides is 3. The lowest BCUT2D eigenvalue weighted by Crippen LogP contribution is -2.33. The summed E-state index contributed by atoms with van der Waals surface area (Å²) in [6, 6.07) is 12.5. The first-order valence-electron chi connectivity index (χ1n) is 13.4. The summed E-state index contributed by atoms with van der Waals surface area (Å²) in [6.07, 6.45) is -9.54. The highest BCUT2D eigenvalue weighted by Gasteiger charge is 2.57. The quantitative estimate of drug-likeness (QED) is 0.168. The van der Waals surface area contributed by atoms with Gasteiger partial charge in [-0.15, -0.1) is 0 Å². The van der Waals surface area contributed by atoms with E-state index in [1.807, 2.05) is 0 Å². The number of carbonyl (C=O) groups excluding carboxylic acids is 3. The third-order valence-corrected chi connectivity index (χ3v) is 11.0. The van der Waals surface area contributed by atoms with E-state index in [0.717, 1.165) is 46.7 Å². The van der Waals surface area contributed by atoms with Gasteiger partial charge >= 0.3 is 17.2 Å². The molecule has 0 unspecified atom stereocenters. The Balaban J connectivity index is 1.43. The van der Waals surface area contributed by atoms with E-state index >= 15 is 0 Å². The number of rotatable bonds is 5. The van der Waals surface area contributed by atoms with Gasteiger partial charge in [0.05, 0.1) is 43.5 Å². The molecular weight excluding hydrogens is 715 g/mol. The molecule has 0 bridgehead atoms. The van der Waals surface area contributed by atoms with Crippen LogP contribution in [0, 0.1) is 5.92 Å². The predicted octanol–water partition coefficient (Wildman–Crippen LogP) is 7.69. The Morgan fingerprint density at radius 2 is 1.57 bits per heavy atom. The van der Waals surface area contributed by atoms with Crippen LogP contribution in [0.5, 0.6) is 0 Å². The molecule has 17 heteroatoms. The van der Waals surface area contributed by atoms with Gasteiger partial charge in [-0.05, 0) is 42.0 Å². The molecule has 4 aromatic rings. The first-order valence-corrected chi connectivity index (χ1v) is 15.9. The Bertz CT molecular complexity index is 2010. The molecule has 1 N–H and O–H groups in total. The molecule has 7 nitrogen and oxygen atoms in total. The summed E-state index contributed by atoms with van der Waals surface area (Å²) >= 11 is 14.2. The van der Waals surface area contributed by atoms with Gasteiger partial charge < -0.3 is 5.32 Å². The zero-order valence-corrected chi connectivity index (χ0v) is 26.3. The van der Waals surface area contributed by atoms with Crippen LogP contribution in [-0.2, 0) is 33.3 Å². The number of thioether (sulfide) groups is 1. The Labute approximate surface area is 279 Å².